The molecule has 0 aromatic carbocycles. The maximum atomic E-state index is 10.6. The molecule has 0 saturated carbocycles. The lowest BCUT2D eigenvalue weighted by Crippen LogP contribution is -2.21. The summed E-state index contributed by atoms with van der Waals surface area (Å²) in [5.41, 5.74) is 6.64. The van der Waals surface area contributed by atoms with Crippen LogP contribution in [0.3, 0.4) is 0 Å². The van der Waals surface area contributed by atoms with Gasteiger partial charge in [0, 0.05) is 6.20 Å². The van der Waals surface area contributed by atoms with Gasteiger partial charge in [0.15, 0.2) is 11.2 Å². The zero-order chi connectivity index (χ0) is 25.9. The van der Waals surface area contributed by atoms with Gasteiger partial charge in [0.25, 0.3) is 0 Å². The number of carboxylic acids is 3. The molecule has 0 saturated heterocycles. The Bertz CT molecular complexity index is 801. The zero-order valence-electron chi connectivity index (χ0n) is 14.8. The van der Waals surface area contributed by atoms with Crippen molar-refractivity contribution in [3.8, 4) is 0 Å². The molecular formula is C13H10F9N3O7. The molecule has 0 aliphatic carbocycles. The largest absolute Gasteiger partial charge is 0.490 e. The van der Waals surface area contributed by atoms with Crippen LogP contribution in [0.15, 0.2) is 22.7 Å². The van der Waals surface area contributed by atoms with Crippen molar-refractivity contribution in [1.82, 2.24) is 9.97 Å². The molecule has 19 heteroatoms. The minimum absolute atomic E-state index is 0.316. The number of oxazole rings is 1. The first-order chi connectivity index (χ1) is 14.2. The van der Waals surface area contributed by atoms with Crippen LogP contribution in [0.2, 0.25) is 0 Å². The van der Waals surface area contributed by atoms with Crippen molar-refractivity contribution in [2.24, 2.45) is 5.73 Å². The maximum absolute atomic E-state index is 10.6. The van der Waals surface area contributed by atoms with Gasteiger partial charge in [0.1, 0.15) is 0 Å². The molecule has 32 heavy (non-hydrogen) atoms. The summed E-state index contributed by atoms with van der Waals surface area (Å²) in [7, 11) is 0. The molecular weight excluding hydrogens is 481 g/mol. The van der Waals surface area contributed by atoms with Gasteiger partial charge in [-0.25, -0.2) is 19.4 Å². The van der Waals surface area contributed by atoms with Crippen molar-refractivity contribution in [1.29, 1.82) is 0 Å². The fraction of sp³-hybridized carbons (Fsp3) is 0.308. The van der Waals surface area contributed by atoms with Crippen LogP contribution in [0.5, 0.6) is 0 Å². The topological polar surface area (TPSA) is 177 Å². The summed E-state index contributed by atoms with van der Waals surface area (Å²) in [6.45, 7) is 0.316. The van der Waals surface area contributed by atoms with E-state index in [1.807, 2.05) is 6.07 Å². The molecule has 2 rings (SSSR count). The first kappa shape index (κ1) is 30.6. The Hall–Kier alpha value is -3.64. The summed E-state index contributed by atoms with van der Waals surface area (Å²) in [5.74, 6) is -7.74. The number of nitrogens with two attached hydrogens (primary N) is 1. The predicted molar refractivity (Wildman–Crippen MR) is 80.8 cm³/mol. The smallest absolute Gasteiger partial charge is 0.475 e. The van der Waals surface area contributed by atoms with Gasteiger partial charge < -0.3 is 25.5 Å². The number of alkyl halides is 9. The van der Waals surface area contributed by atoms with Crippen LogP contribution in [0.4, 0.5) is 39.5 Å². The van der Waals surface area contributed by atoms with Crippen LogP contribution < -0.4 is 5.73 Å². The summed E-state index contributed by atoms with van der Waals surface area (Å²) in [6, 6.07) is 3.61. The van der Waals surface area contributed by atoms with Crippen LogP contribution in [0, 0.1) is 0 Å². The van der Waals surface area contributed by atoms with Gasteiger partial charge in [-0.2, -0.15) is 44.5 Å². The van der Waals surface area contributed by atoms with Crippen molar-refractivity contribution in [2.45, 2.75) is 25.1 Å². The maximum Gasteiger partial charge on any atom is 0.490 e. The van der Waals surface area contributed by atoms with Gasteiger partial charge in [-0.1, -0.05) is 0 Å². The molecule has 10 nitrogen and oxygen atoms in total. The van der Waals surface area contributed by atoms with Gasteiger partial charge >= 0.3 is 36.4 Å². The van der Waals surface area contributed by atoms with Crippen molar-refractivity contribution >= 4 is 29.1 Å². The Kier molecular flexibility index (Phi) is 11.7. The Morgan fingerprint density at radius 1 is 0.844 bits per heavy atom. The highest BCUT2D eigenvalue weighted by atomic mass is 19.4. The van der Waals surface area contributed by atoms with E-state index in [9.17, 15) is 39.5 Å². The molecule has 0 atom stereocenters. The second-order valence-electron chi connectivity index (χ2n) is 4.55. The third kappa shape index (κ3) is 13.6. The van der Waals surface area contributed by atoms with Gasteiger partial charge in [-0.3, -0.25) is 0 Å². The van der Waals surface area contributed by atoms with Gasteiger partial charge in [-0.15, -0.1) is 0 Å². The Balaban J connectivity index is 0. The molecule has 0 radical (unpaired) electrons. The summed E-state index contributed by atoms with van der Waals surface area (Å²) >= 11 is 0. The second-order valence-corrected chi connectivity index (χ2v) is 4.55. The van der Waals surface area contributed by atoms with E-state index in [0.29, 0.717) is 23.7 Å². The number of rotatable bonds is 1. The quantitative estimate of drug-likeness (QED) is 0.434. The standard InChI is InChI=1S/C7H7N3O.3C2HF3O2/c8-4-6-10-7-5(11-6)2-1-3-9-7;3*3-2(4,5)1(6)7/h1-3H,4,8H2;3*(H,6,7). The monoisotopic (exact) mass is 491 g/mol. The third-order valence-electron chi connectivity index (χ3n) is 2.11. The number of aromatic nitrogens is 2. The van der Waals surface area contributed by atoms with E-state index >= 15 is 0 Å². The Labute approximate surface area is 169 Å². The second kappa shape index (κ2) is 12.3. The molecule has 0 spiro atoms. The number of hydrogen-bond acceptors (Lipinski definition) is 7. The number of nitrogens with zero attached hydrogens (tertiary/aromatic N) is 2. The molecule has 2 aromatic rings. The Morgan fingerprint density at radius 2 is 1.19 bits per heavy atom. The number of carbonyl (C=O) groups is 3. The molecule has 0 amide bonds. The lowest BCUT2D eigenvalue weighted by molar-refractivity contribution is -0.193. The minimum Gasteiger partial charge on any atom is -0.475 e. The molecule has 0 aliphatic heterocycles. The van der Waals surface area contributed by atoms with E-state index in [0.717, 1.165) is 0 Å². The average molecular weight is 491 g/mol. The van der Waals surface area contributed by atoms with Crippen molar-refractivity contribution < 1.29 is 73.6 Å². The molecule has 5 N–H and O–H groups in total. The lowest BCUT2D eigenvalue weighted by Gasteiger charge is -1.93. The molecule has 182 valence electrons. The summed E-state index contributed by atoms with van der Waals surface area (Å²) in [4.78, 5) is 34.7. The van der Waals surface area contributed by atoms with Crippen LogP contribution in [-0.2, 0) is 20.9 Å². The number of hydrogen-bond donors (Lipinski definition) is 4. The summed E-state index contributed by atoms with van der Waals surface area (Å²) in [6.07, 6.45) is -13.6. The van der Waals surface area contributed by atoms with E-state index in [2.05, 4.69) is 9.97 Å². The Morgan fingerprint density at radius 3 is 1.44 bits per heavy atom. The first-order valence-corrected chi connectivity index (χ1v) is 7.04. The van der Waals surface area contributed by atoms with Crippen LogP contribution in [-0.4, -0.2) is 61.7 Å². The highest BCUT2D eigenvalue weighted by Crippen LogP contribution is 2.14. The van der Waals surface area contributed by atoms with Gasteiger partial charge in [0.05, 0.1) is 6.54 Å². The van der Waals surface area contributed by atoms with E-state index in [1.54, 1.807) is 12.3 Å². The average Bonchev–Trinajstić information content (AvgIpc) is 3.04. The highest BCUT2D eigenvalue weighted by molar-refractivity contribution is 5.73. The van der Waals surface area contributed by atoms with Crippen molar-refractivity contribution in [3.05, 3.63) is 24.2 Å². The fourth-order valence-corrected chi connectivity index (χ4v) is 0.901. The number of carboxylic acid groups (broad SMARTS) is 3. The van der Waals surface area contributed by atoms with E-state index in [4.69, 9.17) is 39.9 Å². The van der Waals surface area contributed by atoms with Crippen molar-refractivity contribution in [2.75, 3.05) is 0 Å². The molecule has 0 fully saturated rings. The fourth-order valence-electron chi connectivity index (χ4n) is 0.901. The molecule has 2 aromatic heterocycles. The summed E-state index contributed by atoms with van der Waals surface area (Å²) in [5, 5.41) is 21.4. The van der Waals surface area contributed by atoms with Crippen LogP contribution in [0.25, 0.3) is 11.2 Å². The molecule has 2 heterocycles. The van der Waals surface area contributed by atoms with Crippen molar-refractivity contribution in [3.63, 3.8) is 0 Å². The van der Waals surface area contributed by atoms with E-state index < -0.39 is 36.4 Å². The number of fused-ring (bicyclic) bond motifs is 1. The molecule has 0 unspecified atom stereocenters. The lowest BCUT2D eigenvalue weighted by atomic mass is 10.5. The normalized spacial score (nSPS) is 11.1. The molecule has 0 bridgehead atoms. The number of aliphatic carboxylic acids is 3. The predicted octanol–water partition coefficient (Wildman–Crippen LogP) is 2.58. The zero-order valence-corrected chi connectivity index (χ0v) is 14.8. The minimum atomic E-state index is -5.08. The molecule has 0 aliphatic rings. The third-order valence-corrected chi connectivity index (χ3v) is 2.11. The van der Waals surface area contributed by atoms with Gasteiger partial charge in [-0.05, 0) is 12.1 Å². The first-order valence-electron chi connectivity index (χ1n) is 7.04. The van der Waals surface area contributed by atoms with Crippen LogP contribution >= 0.6 is 0 Å². The van der Waals surface area contributed by atoms with E-state index in [-0.39, 0.29) is 0 Å². The summed E-state index contributed by atoms with van der Waals surface area (Å²) < 4.78 is 100. The highest BCUT2D eigenvalue weighted by Gasteiger charge is 2.39. The SMILES string of the molecule is NCc1nc2ncccc2o1.O=C(O)C(F)(F)F.O=C(O)C(F)(F)F.O=C(O)C(F)(F)F. The van der Waals surface area contributed by atoms with E-state index in [1.165, 1.54) is 0 Å². The van der Waals surface area contributed by atoms with Gasteiger partial charge in [0.2, 0.25) is 5.89 Å². The number of halogens is 9. The van der Waals surface area contributed by atoms with Crippen LogP contribution in [0.1, 0.15) is 5.89 Å². The number of pyridine rings is 1.